The molecular formula is C10H14N2O6. The highest BCUT2D eigenvalue weighted by molar-refractivity contribution is 4.95. The first-order chi connectivity index (χ1) is 8.45. The van der Waals surface area contributed by atoms with Crippen molar-refractivity contribution < 1.29 is 24.8 Å². The fraction of sp³-hybridized carbons (Fsp3) is 0.600. The van der Waals surface area contributed by atoms with E-state index in [4.69, 9.17) is 9.84 Å². The Morgan fingerprint density at radius 3 is 2.72 bits per heavy atom. The highest BCUT2D eigenvalue weighted by Gasteiger charge is 2.43. The number of ether oxygens (including phenoxy) is 1. The third-order valence-electron chi connectivity index (χ3n) is 2.95. The summed E-state index contributed by atoms with van der Waals surface area (Å²) >= 11 is 0. The van der Waals surface area contributed by atoms with Gasteiger partial charge >= 0.3 is 5.56 Å². The van der Waals surface area contributed by atoms with Crippen LogP contribution in [-0.2, 0) is 4.74 Å². The number of aryl methyl sites for hydroxylation is 1. The van der Waals surface area contributed by atoms with Crippen LogP contribution in [0.15, 0.2) is 17.2 Å². The molecule has 1 aromatic heterocycles. The lowest BCUT2D eigenvalue weighted by Gasteiger charge is -2.17. The average Bonchev–Trinajstić information content (AvgIpc) is 2.61. The molecule has 1 aliphatic rings. The quantitative estimate of drug-likeness (QED) is 0.395. The van der Waals surface area contributed by atoms with Crippen LogP contribution in [0.5, 0.6) is 0 Å². The van der Waals surface area contributed by atoms with Gasteiger partial charge in [0.25, 0.3) is 0 Å². The predicted octanol–water partition coefficient (Wildman–Crippen LogP) is -2.60. The minimum Gasteiger partial charge on any atom is -0.618 e. The Labute approximate surface area is 102 Å². The Morgan fingerprint density at radius 1 is 1.50 bits per heavy atom. The minimum atomic E-state index is -1.35. The summed E-state index contributed by atoms with van der Waals surface area (Å²) in [5.74, 6) is 0. The zero-order valence-corrected chi connectivity index (χ0v) is 9.63. The van der Waals surface area contributed by atoms with E-state index in [1.54, 1.807) is 0 Å². The highest BCUT2D eigenvalue weighted by atomic mass is 16.6. The third kappa shape index (κ3) is 1.99. The molecule has 0 saturated carbocycles. The molecule has 8 nitrogen and oxygen atoms in total. The smallest absolute Gasteiger partial charge is 0.318 e. The molecule has 18 heavy (non-hydrogen) atoms. The van der Waals surface area contributed by atoms with Gasteiger partial charge in [-0.3, -0.25) is 9.36 Å². The summed E-state index contributed by atoms with van der Waals surface area (Å²) in [4.78, 5) is 11.6. The van der Waals surface area contributed by atoms with Crippen LogP contribution in [0.3, 0.4) is 0 Å². The van der Waals surface area contributed by atoms with Crippen molar-refractivity contribution >= 4 is 0 Å². The summed E-state index contributed by atoms with van der Waals surface area (Å²) < 4.78 is 6.62. The van der Waals surface area contributed by atoms with Crippen LogP contribution in [0.4, 0.5) is 0 Å². The van der Waals surface area contributed by atoms with E-state index >= 15 is 0 Å². The predicted molar refractivity (Wildman–Crippen MR) is 57.4 cm³/mol. The molecule has 2 heterocycles. The first-order valence-electron chi connectivity index (χ1n) is 5.40. The van der Waals surface area contributed by atoms with Crippen molar-refractivity contribution in [3.05, 3.63) is 33.6 Å². The summed E-state index contributed by atoms with van der Waals surface area (Å²) in [6.45, 7) is 1.01. The van der Waals surface area contributed by atoms with Gasteiger partial charge in [0.2, 0.25) is 11.9 Å². The van der Waals surface area contributed by atoms with Gasteiger partial charge in [0.05, 0.1) is 12.8 Å². The van der Waals surface area contributed by atoms with Crippen LogP contribution in [0.1, 0.15) is 11.9 Å². The number of hydrogen-bond acceptors (Lipinski definition) is 6. The van der Waals surface area contributed by atoms with Gasteiger partial charge in [-0.1, -0.05) is 0 Å². The highest BCUT2D eigenvalue weighted by Crippen LogP contribution is 2.27. The van der Waals surface area contributed by atoms with Gasteiger partial charge in [-0.15, -0.1) is 0 Å². The minimum absolute atomic E-state index is 0.243. The molecule has 0 aliphatic carbocycles. The van der Waals surface area contributed by atoms with Crippen LogP contribution in [0.2, 0.25) is 0 Å². The number of aliphatic hydroxyl groups is 3. The SMILES string of the molecule is Cc1cn([C@@H]2O[C@H](CO)[C@@H](O)[C@H]2O)c(=O)c[n+]1[O-]. The maximum atomic E-state index is 11.6. The van der Waals surface area contributed by atoms with Crippen molar-refractivity contribution in [2.75, 3.05) is 6.61 Å². The third-order valence-corrected chi connectivity index (χ3v) is 2.95. The molecular weight excluding hydrogens is 244 g/mol. The lowest BCUT2D eigenvalue weighted by atomic mass is 10.1. The van der Waals surface area contributed by atoms with E-state index in [9.17, 15) is 20.2 Å². The van der Waals surface area contributed by atoms with Crippen LogP contribution >= 0.6 is 0 Å². The summed E-state index contributed by atoms with van der Waals surface area (Å²) in [6, 6.07) is 0. The second-order valence-electron chi connectivity index (χ2n) is 4.20. The molecule has 1 saturated heterocycles. The zero-order valence-electron chi connectivity index (χ0n) is 9.63. The standard InChI is InChI=1S/C10H14N2O6/c1-5-2-11(7(14)3-12(5)17)10-9(16)8(15)6(4-13)18-10/h2-3,6,8-10,13,15-16H,4H2,1H3/t6-,8-,9-,10-/m1/s1. The van der Waals surface area contributed by atoms with E-state index in [-0.39, 0.29) is 5.69 Å². The summed E-state index contributed by atoms with van der Waals surface area (Å²) in [6.07, 6.45) is -2.67. The number of rotatable bonds is 2. The molecule has 0 spiro atoms. The molecule has 0 aromatic carbocycles. The molecule has 1 aromatic rings. The molecule has 0 unspecified atom stereocenters. The Morgan fingerprint density at radius 2 is 2.17 bits per heavy atom. The fourth-order valence-electron chi connectivity index (χ4n) is 1.90. The van der Waals surface area contributed by atoms with E-state index in [2.05, 4.69) is 0 Å². The Bertz CT molecular complexity index is 502. The van der Waals surface area contributed by atoms with Crippen LogP contribution in [0, 0.1) is 12.1 Å². The fourth-order valence-corrected chi connectivity index (χ4v) is 1.90. The van der Waals surface area contributed by atoms with E-state index in [1.165, 1.54) is 13.1 Å². The molecule has 3 N–H and O–H groups in total. The summed E-state index contributed by atoms with van der Waals surface area (Å²) in [5, 5.41) is 39.5. The van der Waals surface area contributed by atoms with Crippen LogP contribution in [0.25, 0.3) is 0 Å². The van der Waals surface area contributed by atoms with Crippen molar-refractivity contribution in [2.24, 2.45) is 0 Å². The molecule has 0 amide bonds. The van der Waals surface area contributed by atoms with Crippen LogP contribution < -0.4 is 10.3 Å². The lowest BCUT2D eigenvalue weighted by Crippen LogP contribution is -2.41. The number of nitrogens with zero attached hydrogens (tertiary/aromatic N) is 2. The van der Waals surface area contributed by atoms with Gasteiger partial charge in [-0.05, 0) is 0 Å². The topological polar surface area (TPSA) is 119 Å². The van der Waals surface area contributed by atoms with Gasteiger partial charge in [-0.2, -0.15) is 4.73 Å². The summed E-state index contributed by atoms with van der Waals surface area (Å²) in [7, 11) is 0. The van der Waals surface area contributed by atoms with Gasteiger partial charge in [-0.25, -0.2) is 0 Å². The molecule has 1 fully saturated rings. The lowest BCUT2D eigenvalue weighted by molar-refractivity contribution is -0.614. The second kappa shape index (κ2) is 4.65. The van der Waals surface area contributed by atoms with Crippen molar-refractivity contribution in [3.8, 4) is 0 Å². The first-order valence-corrected chi connectivity index (χ1v) is 5.40. The Balaban J connectivity index is 2.39. The van der Waals surface area contributed by atoms with Crippen molar-refractivity contribution in [3.63, 3.8) is 0 Å². The molecule has 4 atom stereocenters. The number of aromatic nitrogens is 2. The molecule has 0 radical (unpaired) electrons. The monoisotopic (exact) mass is 258 g/mol. The van der Waals surface area contributed by atoms with E-state index in [1.807, 2.05) is 0 Å². The van der Waals surface area contributed by atoms with Crippen LogP contribution in [-0.4, -0.2) is 44.8 Å². The van der Waals surface area contributed by atoms with Gasteiger partial charge in [0.15, 0.2) is 6.23 Å². The van der Waals surface area contributed by atoms with Crippen molar-refractivity contribution in [2.45, 2.75) is 31.5 Å². The number of hydrogen-bond donors (Lipinski definition) is 3. The maximum Gasteiger partial charge on any atom is 0.318 e. The normalized spacial score (nSPS) is 31.8. The average molecular weight is 258 g/mol. The summed E-state index contributed by atoms with van der Waals surface area (Å²) in [5.41, 5.74) is -0.419. The zero-order chi connectivity index (χ0) is 13.4. The largest absolute Gasteiger partial charge is 0.618 e. The maximum absolute atomic E-state index is 11.6. The number of aliphatic hydroxyl groups excluding tert-OH is 3. The van der Waals surface area contributed by atoms with Gasteiger partial charge in [0, 0.05) is 6.92 Å². The Hall–Kier alpha value is -1.48. The molecule has 100 valence electrons. The van der Waals surface area contributed by atoms with Gasteiger partial charge < -0.3 is 25.3 Å². The van der Waals surface area contributed by atoms with Crippen molar-refractivity contribution in [1.82, 2.24) is 4.57 Å². The Kier molecular flexibility index (Phi) is 3.35. The molecule has 8 heteroatoms. The molecule has 1 aliphatic heterocycles. The van der Waals surface area contributed by atoms with E-state index < -0.39 is 36.7 Å². The second-order valence-corrected chi connectivity index (χ2v) is 4.20. The molecule has 2 rings (SSSR count). The molecule has 0 bridgehead atoms. The van der Waals surface area contributed by atoms with E-state index in [0.29, 0.717) is 4.73 Å². The van der Waals surface area contributed by atoms with Crippen molar-refractivity contribution in [1.29, 1.82) is 0 Å². The van der Waals surface area contributed by atoms with Gasteiger partial charge in [0.1, 0.15) is 18.3 Å². The first kappa shape index (κ1) is 13.0. The van der Waals surface area contributed by atoms with E-state index in [0.717, 1.165) is 10.8 Å².